The van der Waals surface area contributed by atoms with Gasteiger partial charge in [-0.2, -0.15) is 8.78 Å². The van der Waals surface area contributed by atoms with Gasteiger partial charge in [0, 0.05) is 5.56 Å². The van der Waals surface area contributed by atoms with E-state index >= 15 is 0 Å². The zero-order valence-electron chi connectivity index (χ0n) is 10.8. The van der Waals surface area contributed by atoms with Gasteiger partial charge in [0.2, 0.25) is 0 Å². The molecule has 0 aliphatic rings. The molecule has 6 heteroatoms. The molecule has 0 N–H and O–H groups in total. The number of halogens is 2. The van der Waals surface area contributed by atoms with Crippen LogP contribution in [0.2, 0.25) is 0 Å². The fourth-order valence-electron chi connectivity index (χ4n) is 1.60. The number of aldehydes is 1. The highest BCUT2D eigenvalue weighted by atomic mass is 19.3. The van der Waals surface area contributed by atoms with Crippen LogP contribution in [0.5, 0.6) is 5.75 Å². The van der Waals surface area contributed by atoms with Crippen molar-refractivity contribution in [2.24, 2.45) is 0 Å². The molecule has 0 radical (unpaired) electrons. The predicted octanol–water partition coefficient (Wildman–Crippen LogP) is 2.65. The standard InChI is InChI=1S/C13H14F2O4/c1-4-18-12(17)13(14,15)19-11-8(2)5-10(7-16)6-9(11)3/h5-7H,4H2,1-3H3. The van der Waals surface area contributed by atoms with Gasteiger partial charge in [-0.15, -0.1) is 0 Å². The molecule has 0 saturated carbocycles. The van der Waals surface area contributed by atoms with Gasteiger partial charge in [0.1, 0.15) is 12.0 Å². The molecule has 0 saturated heterocycles. The minimum Gasteiger partial charge on any atom is -0.459 e. The molecule has 0 aliphatic heterocycles. The van der Waals surface area contributed by atoms with E-state index in [1.54, 1.807) is 0 Å². The summed E-state index contributed by atoms with van der Waals surface area (Å²) in [4.78, 5) is 21.7. The summed E-state index contributed by atoms with van der Waals surface area (Å²) in [5, 5.41) is 0. The largest absolute Gasteiger partial charge is 0.502 e. The number of benzene rings is 1. The molecule has 4 nitrogen and oxygen atoms in total. The molecule has 0 fully saturated rings. The van der Waals surface area contributed by atoms with Crippen LogP contribution in [-0.4, -0.2) is 25.0 Å². The number of aryl methyl sites for hydroxylation is 2. The lowest BCUT2D eigenvalue weighted by molar-refractivity contribution is -0.216. The topological polar surface area (TPSA) is 52.6 Å². The summed E-state index contributed by atoms with van der Waals surface area (Å²) in [7, 11) is 0. The normalized spacial score (nSPS) is 11.0. The zero-order chi connectivity index (χ0) is 14.6. The first-order chi connectivity index (χ1) is 8.81. The number of ether oxygens (including phenoxy) is 2. The quantitative estimate of drug-likeness (QED) is 0.610. The van der Waals surface area contributed by atoms with Gasteiger partial charge >= 0.3 is 12.1 Å². The van der Waals surface area contributed by atoms with Gasteiger partial charge in [0.05, 0.1) is 6.61 Å². The molecule has 0 aromatic heterocycles. The second-order valence-electron chi connectivity index (χ2n) is 3.94. The molecule has 0 heterocycles. The van der Waals surface area contributed by atoms with Crippen molar-refractivity contribution in [3.8, 4) is 5.75 Å². The van der Waals surface area contributed by atoms with E-state index in [2.05, 4.69) is 9.47 Å². The van der Waals surface area contributed by atoms with E-state index in [1.165, 1.54) is 32.9 Å². The van der Waals surface area contributed by atoms with Crippen molar-refractivity contribution in [3.63, 3.8) is 0 Å². The lowest BCUT2D eigenvalue weighted by Crippen LogP contribution is -2.37. The van der Waals surface area contributed by atoms with Gasteiger partial charge in [-0.05, 0) is 44.0 Å². The van der Waals surface area contributed by atoms with Crippen LogP contribution in [0.25, 0.3) is 0 Å². The van der Waals surface area contributed by atoms with Gasteiger partial charge < -0.3 is 9.47 Å². The van der Waals surface area contributed by atoms with E-state index in [0.717, 1.165) is 0 Å². The molecular formula is C13H14F2O4. The average Bonchev–Trinajstić information content (AvgIpc) is 2.33. The van der Waals surface area contributed by atoms with E-state index in [4.69, 9.17) is 0 Å². The van der Waals surface area contributed by atoms with Crippen LogP contribution in [0.4, 0.5) is 8.78 Å². The number of rotatable bonds is 5. The molecule has 0 atom stereocenters. The first-order valence-electron chi connectivity index (χ1n) is 5.62. The Morgan fingerprint density at radius 3 is 2.26 bits per heavy atom. The maximum absolute atomic E-state index is 13.5. The lowest BCUT2D eigenvalue weighted by Gasteiger charge is -2.19. The van der Waals surface area contributed by atoms with Crippen molar-refractivity contribution < 1.29 is 27.8 Å². The lowest BCUT2D eigenvalue weighted by atomic mass is 10.1. The fraction of sp³-hybridized carbons (Fsp3) is 0.385. The van der Waals surface area contributed by atoms with Crippen molar-refractivity contribution >= 4 is 12.3 Å². The summed E-state index contributed by atoms with van der Waals surface area (Å²) in [6, 6.07) is 2.80. The van der Waals surface area contributed by atoms with Crippen LogP contribution in [0.3, 0.4) is 0 Å². The molecule has 0 aliphatic carbocycles. The van der Waals surface area contributed by atoms with Crippen LogP contribution >= 0.6 is 0 Å². The highest BCUT2D eigenvalue weighted by Crippen LogP contribution is 2.30. The fourth-order valence-corrected chi connectivity index (χ4v) is 1.60. The number of hydrogen-bond acceptors (Lipinski definition) is 4. The minimum absolute atomic E-state index is 0.136. The molecule has 19 heavy (non-hydrogen) atoms. The SMILES string of the molecule is CCOC(=O)C(F)(F)Oc1c(C)cc(C=O)cc1C. The Bertz CT molecular complexity index is 474. The number of carbonyl (C=O) groups is 2. The molecule has 0 unspecified atom stereocenters. The van der Waals surface area contributed by atoms with Gasteiger partial charge in [-0.25, -0.2) is 4.79 Å². The summed E-state index contributed by atoms with van der Waals surface area (Å²) in [5.74, 6) is -1.88. The van der Waals surface area contributed by atoms with E-state index < -0.39 is 12.1 Å². The van der Waals surface area contributed by atoms with Crippen LogP contribution in [0, 0.1) is 13.8 Å². The third kappa shape index (κ3) is 3.49. The summed E-state index contributed by atoms with van der Waals surface area (Å²) in [6.45, 7) is 4.27. The third-order valence-corrected chi connectivity index (χ3v) is 2.36. The number of hydrogen-bond donors (Lipinski definition) is 0. The number of carbonyl (C=O) groups excluding carboxylic acids is 2. The summed E-state index contributed by atoms with van der Waals surface area (Å²) >= 11 is 0. The van der Waals surface area contributed by atoms with Crippen molar-refractivity contribution in [1.29, 1.82) is 0 Å². The average molecular weight is 272 g/mol. The van der Waals surface area contributed by atoms with Crippen LogP contribution in [-0.2, 0) is 9.53 Å². The van der Waals surface area contributed by atoms with E-state index in [0.29, 0.717) is 23.0 Å². The highest BCUT2D eigenvalue weighted by molar-refractivity contribution is 5.78. The summed E-state index contributed by atoms with van der Waals surface area (Å²) < 4.78 is 35.6. The smallest absolute Gasteiger partial charge is 0.459 e. The van der Waals surface area contributed by atoms with Crippen LogP contribution in [0.15, 0.2) is 12.1 Å². The van der Waals surface area contributed by atoms with Crippen molar-refractivity contribution in [2.75, 3.05) is 6.61 Å². The monoisotopic (exact) mass is 272 g/mol. The number of esters is 1. The third-order valence-electron chi connectivity index (χ3n) is 2.36. The van der Waals surface area contributed by atoms with E-state index in [-0.39, 0.29) is 12.4 Å². The van der Waals surface area contributed by atoms with E-state index in [1.807, 2.05) is 0 Å². The molecule has 0 bridgehead atoms. The van der Waals surface area contributed by atoms with Gasteiger partial charge in [-0.1, -0.05) is 0 Å². The first kappa shape index (κ1) is 15.1. The Hall–Kier alpha value is -1.98. The molecule has 0 spiro atoms. The molecule has 104 valence electrons. The Morgan fingerprint density at radius 1 is 1.32 bits per heavy atom. The molecule has 1 aromatic rings. The van der Waals surface area contributed by atoms with Crippen LogP contribution < -0.4 is 4.74 Å². The second kappa shape index (κ2) is 5.77. The van der Waals surface area contributed by atoms with Gasteiger partial charge in [0.15, 0.2) is 0 Å². The highest BCUT2D eigenvalue weighted by Gasteiger charge is 2.44. The maximum Gasteiger partial charge on any atom is 0.502 e. The van der Waals surface area contributed by atoms with Crippen molar-refractivity contribution in [3.05, 3.63) is 28.8 Å². The van der Waals surface area contributed by atoms with Crippen molar-refractivity contribution in [2.45, 2.75) is 26.9 Å². The Balaban J connectivity index is 3.05. The Kier molecular flexibility index (Phi) is 4.58. The number of alkyl halides is 2. The Morgan fingerprint density at radius 2 is 1.84 bits per heavy atom. The van der Waals surface area contributed by atoms with Gasteiger partial charge in [0.25, 0.3) is 0 Å². The summed E-state index contributed by atoms with van der Waals surface area (Å²) in [5.41, 5.74) is 1.03. The predicted molar refractivity (Wildman–Crippen MR) is 63.5 cm³/mol. The Labute approximate surface area is 109 Å². The van der Waals surface area contributed by atoms with E-state index in [9.17, 15) is 18.4 Å². The minimum atomic E-state index is -4.06. The van der Waals surface area contributed by atoms with Crippen molar-refractivity contribution in [1.82, 2.24) is 0 Å². The van der Waals surface area contributed by atoms with Gasteiger partial charge in [-0.3, -0.25) is 4.79 Å². The van der Waals surface area contributed by atoms with Crippen LogP contribution in [0.1, 0.15) is 28.4 Å². The molecular weight excluding hydrogens is 258 g/mol. The molecule has 1 rings (SSSR count). The molecule has 0 amide bonds. The molecule has 1 aromatic carbocycles. The summed E-state index contributed by atoms with van der Waals surface area (Å²) in [6.07, 6.45) is -3.46. The first-order valence-corrected chi connectivity index (χ1v) is 5.62. The second-order valence-corrected chi connectivity index (χ2v) is 3.94. The zero-order valence-corrected chi connectivity index (χ0v) is 10.8. The maximum atomic E-state index is 13.5.